The van der Waals surface area contributed by atoms with Crippen molar-refractivity contribution in [3.8, 4) is 0 Å². The summed E-state index contributed by atoms with van der Waals surface area (Å²) >= 11 is 0. The molecule has 21 heavy (non-hydrogen) atoms. The van der Waals surface area contributed by atoms with E-state index in [1.807, 2.05) is 6.07 Å². The summed E-state index contributed by atoms with van der Waals surface area (Å²) in [4.78, 5) is 14.4. The molecule has 3 heteroatoms. The van der Waals surface area contributed by atoms with E-state index in [1.54, 1.807) is 12.1 Å². The van der Waals surface area contributed by atoms with Crippen LogP contribution in [0.15, 0.2) is 48.5 Å². The van der Waals surface area contributed by atoms with Gasteiger partial charge in [0.1, 0.15) is 5.82 Å². The van der Waals surface area contributed by atoms with Crippen LogP contribution in [0.25, 0.3) is 0 Å². The topological polar surface area (TPSA) is 20.3 Å². The fraction of sp³-hybridized carbons (Fsp3) is 0.278. The van der Waals surface area contributed by atoms with Gasteiger partial charge in [0.2, 0.25) is 0 Å². The van der Waals surface area contributed by atoms with Gasteiger partial charge in [0.25, 0.3) is 0 Å². The first kappa shape index (κ1) is 14.0. The molecule has 0 spiro atoms. The third-order valence-electron chi connectivity index (χ3n) is 3.95. The van der Waals surface area contributed by atoms with Gasteiger partial charge in [0, 0.05) is 12.1 Å². The zero-order chi connectivity index (χ0) is 14.7. The van der Waals surface area contributed by atoms with Gasteiger partial charge in [0.15, 0.2) is 5.78 Å². The second-order valence-electron chi connectivity index (χ2n) is 5.52. The Balaban J connectivity index is 1.72. The van der Waals surface area contributed by atoms with Crippen LogP contribution in [0.5, 0.6) is 0 Å². The second-order valence-corrected chi connectivity index (χ2v) is 5.52. The maximum Gasteiger partial charge on any atom is 0.176 e. The lowest BCUT2D eigenvalue weighted by Crippen LogP contribution is -2.29. The highest BCUT2D eigenvalue weighted by Crippen LogP contribution is 2.18. The van der Waals surface area contributed by atoms with Gasteiger partial charge >= 0.3 is 0 Å². The predicted octanol–water partition coefficient (Wildman–Crippen LogP) is 3.46. The van der Waals surface area contributed by atoms with E-state index in [-0.39, 0.29) is 11.6 Å². The number of halogens is 1. The molecule has 0 N–H and O–H groups in total. The van der Waals surface area contributed by atoms with Gasteiger partial charge in [-0.2, -0.15) is 0 Å². The van der Waals surface area contributed by atoms with E-state index >= 15 is 0 Å². The van der Waals surface area contributed by atoms with E-state index in [0.717, 1.165) is 25.9 Å². The van der Waals surface area contributed by atoms with Gasteiger partial charge < -0.3 is 0 Å². The van der Waals surface area contributed by atoms with Crippen LogP contribution >= 0.6 is 0 Å². The van der Waals surface area contributed by atoms with Crippen molar-refractivity contribution in [1.82, 2.24) is 4.90 Å². The van der Waals surface area contributed by atoms with E-state index < -0.39 is 0 Å². The Hall–Kier alpha value is -2.00. The third kappa shape index (κ3) is 3.37. The monoisotopic (exact) mass is 283 g/mol. The first-order valence-corrected chi connectivity index (χ1v) is 7.30. The average molecular weight is 283 g/mol. The number of carbonyl (C=O) groups is 1. The number of fused-ring (bicyclic) bond motifs is 1. The van der Waals surface area contributed by atoms with Crippen LogP contribution < -0.4 is 0 Å². The number of Topliss-reactive ketones (excluding diaryl/α,β-unsaturated/α-hetero) is 1. The number of nitrogens with zero attached hydrogens (tertiary/aromatic N) is 1. The molecule has 0 saturated heterocycles. The van der Waals surface area contributed by atoms with Gasteiger partial charge in [-0.05, 0) is 42.6 Å². The first-order valence-electron chi connectivity index (χ1n) is 7.30. The number of ketones is 1. The zero-order valence-corrected chi connectivity index (χ0v) is 11.9. The smallest absolute Gasteiger partial charge is 0.176 e. The molecule has 0 aromatic heterocycles. The highest BCUT2D eigenvalue weighted by Gasteiger charge is 2.17. The van der Waals surface area contributed by atoms with Gasteiger partial charge in [-0.15, -0.1) is 0 Å². The van der Waals surface area contributed by atoms with Crippen molar-refractivity contribution in [2.24, 2.45) is 0 Å². The summed E-state index contributed by atoms with van der Waals surface area (Å²) in [5.74, 6) is -0.379. The molecular weight excluding hydrogens is 265 g/mol. The quantitative estimate of drug-likeness (QED) is 0.804. The Morgan fingerprint density at radius 3 is 2.71 bits per heavy atom. The minimum absolute atomic E-state index is 0.0196. The Morgan fingerprint density at radius 2 is 1.90 bits per heavy atom. The standard InChI is InChI=1S/C18H18FNO/c19-17-9-3-7-15(11-17)18(21)13-20-10-4-8-14-5-1-2-6-16(14)12-20/h1-3,5-7,9,11H,4,8,10,12-13H2. The lowest BCUT2D eigenvalue weighted by Gasteiger charge is -2.19. The minimum Gasteiger partial charge on any atom is -0.293 e. The summed E-state index contributed by atoms with van der Waals surface area (Å²) < 4.78 is 13.2. The summed E-state index contributed by atoms with van der Waals surface area (Å²) in [5.41, 5.74) is 3.12. The SMILES string of the molecule is O=C(CN1CCCc2ccccc2C1)c1cccc(F)c1. The van der Waals surface area contributed by atoms with Gasteiger partial charge in [-0.3, -0.25) is 9.69 Å². The van der Waals surface area contributed by atoms with Crippen molar-refractivity contribution in [2.75, 3.05) is 13.1 Å². The van der Waals surface area contributed by atoms with Crippen LogP contribution in [0.4, 0.5) is 4.39 Å². The highest BCUT2D eigenvalue weighted by atomic mass is 19.1. The van der Waals surface area contributed by atoms with Gasteiger partial charge in [-0.1, -0.05) is 36.4 Å². The molecule has 2 nitrogen and oxygen atoms in total. The molecule has 0 amide bonds. The largest absolute Gasteiger partial charge is 0.293 e. The van der Waals surface area contributed by atoms with Crippen molar-refractivity contribution in [1.29, 1.82) is 0 Å². The Bertz CT molecular complexity index is 653. The highest BCUT2D eigenvalue weighted by molar-refractivity contribution is 5.97. The first-order chi connectivity index (χ1) is 10.2. The average Bonchev–Trinajstić information content (AvgIpc) is 2.68. The Kier molecular flexibility index (Phi) is 4.11. The molecule has 0 radical (unpaired) electrons. The molecule has 3 rings (SSSR count). The van der Waals surface area contributed by atoms with Gasteiger partial charge in [-0.25, -0.2) is 4.39 Å². The lowest BCUT2D eigenvalue weighted by atomic mass is 10.0. The summed E-state index contributed by atoms with van der Waals surface area (Å²) in [7, 11) is 0. The predicted molar refractivity (Wildman–Crippen MR) is 80.8 cm³/mol. The molecule has 0 atom stereocenters. The normalized spacial score (nSPS) is 15.3. The van der Waals surface area contributed by atoms with Crippen LogP contribution in [-0.2, 0) is 13.0 Å². The molecule has 1 aliphatic heterocycles. The molecule has 1 aliphatic rings. The number of rotatable bonds is 3. The number of hydrogen-bond donors (Lipinski definition) is 0. The van der Waals surface area contributed by atoms with Crippen molar-refractivity contribution in [3.63, 3.8) is 0 Å². The van der Waals surface area contributed by atoms with Crippen LogP contribution in [0, 0.1) is 5.82 Å². The molecular formula is C18H18FNO. The van der Waals surface area contributed by atoms with Crippen molar-refractivity contribution in [3.05, 3.63) is 71.0 Å². The molecule has 0 fully saturated rings. The maximum absolute atomic E-state index is 13.2. The fourth-order valence-corrected chi connectivity index (χ4v) is 2.86. The second kappa shape index (κ2) is 6.19. The Morgan fingerprint density at radius 1 is 1.10 bits per heavy atom. The molecule has 0 unspecified atom stereocenters. The van der Waals surface area contributed by atoms with Crippen LogP contribution in [0.1, 0.15) is 27.9 Å². The maximum atomic E-state index is 13.2. The molecule has 0 aliphatic carbocycles. The summed E-state index contributed by atoms with van der Waals surface area (Å²) in [6.07, 6.45) is 2.11. The molecule has 2 aromatic rings. The van der Waals surface area contributed by atoms with Crippen molar-refractivity contribution >= 4 is 5.78 Å². The van der Waals surface area contributed by atoms with Crippen LogP contribution in [-0.4, -0.2) is 23.8 Å². The summed E-state index contributed by atoms with van der Waals surface area (Å²) in [5, 5.41) is 0. The summed E-state index contributed by atoms with van der Waals surface area (Å²) in [6.45, 7) is 2.03. The number of carbonyl (C=O) groups excluding carboxylic acids is 1. The van der Waals surface area contributed by atoms with E-state index in [2.05, 4.69) is 23.1 Å². The van der Waals surface area contributed by atoms with E-state index in [4.69, 9.17) is 0 Å². The Labute approximate surface area is 124 Å². The lowest BCUT2D eigenvalue weighted by molar-refractivity contribution is 0.0926. The van der Waals surface area contributed by atoms with Crippen LogP contribution in [0.3, 0.4) is 0 Å². The van der Waals surface area contributed by atoms with E-state index in [9.17, 15) is 9.18 Å². The molecule has 1 heterocycles. The molecule has 0 bridgehead atoms. The number of aryl methyl sites for hydroxylation is 1. The fourth-order valence-electron chi connectivity index (χ4n) is 2.86. The number of hydrogen-bond acceptors (Lipinski definition) is 2. The van der Waals surface area contributed by atoms with Gasteiger partial charge in [0.05, 0.1) is 6.54 Å². The van der Waals surface area contributed by atoms with Crippen molar-refractivity contribution < 1.29 is 9.18 Å². The van der Waals surface area contributed by atoms with Crippen LogP contribution in [0.2, 0.25) is 0 Å². The molecule has 2 aromatic carbocycles. The zero-order valence-electron chi connectivity index (χ0n) is 11.9. The van der Waals surface area contributed by atoms with Crippen molar-refractivity contribution in [2.45, 2.75) is 19.4 Å². The van der Waals surface area contributed by atoms with E-state index in [1.165, 1.54) is 23.3 Å². The molecule has 108 valence electrons. The van der Waals surface area contributed by atoms with E-state index in [0.29, 0.717) is 12.1 Å². The third-order valence-corrected chi connectivity index (χ3v) is 3.95. The number of benzene rings is 2. The minimum atomic E-state index is -0.359. The molecule has 0 saturated carbocycles. The summed E-state index contributed by atoms with van der Waals surface area (Å²) in [6, 6.07) is 14.3.